The average Bonchev–Trinajstić information content (AvgIpc) is 2.85. The van der Waals surface area contributed by atoms with Crippen molar-refractivity contribution in [2.45, 2.75) is 51.7 Å². The number of rotatable bonds is 5. The number of ether oxygens (including phenoxy) is 3. The number of nitrogens with zero attached hydrogens (tertiary/aromatic N) is 2. The third kappa shape index (κ3) is 4.47. The topological polar surface area (TPSA) is 66.6 Å². The molecule has 1 fully saturated rings. The minimum Gasteiger partial charge on any atom is -0.446 e. The summed E-state index contributed by atoms with van der Waals surface area (Å²) < 4.78 is 21.4. The van der Waals surface area contributed by atoms with Gasteiger partial charge in [-0.25, -0.2) is 0 Å². The van der Waals surface area contributed by atoms with Crippen LogP contribution in [-0.2, 0) is 14.9 Å². The van der Waals surface area contributed by atoms with E-state index in [1.807, 2.05) is 20.8 Å². The summed E-state index contributed by atoms with van der Waals surface area (Å²) in [5.74, 6) is 0.638. The van der Waals surface area contributed by atoms with Crippen molar-refractivity contribution in [2.24, 2.45) is 0 Å². The second-order valence-corrected chi connectivity index (χ2v) is 5.65. The first-order valence-electron chi connectivity index (χ1n) is 6.76. The Balaban J connectivity index is 1.66. The van der Waals surface area contributed by atoms with E-state index in [0.717, 1.165) is 25.9 Å². The smallest absolute Gasteiger partial charge is 0.417 e. The van der Waals surface area contributed by atoms with Gasteiger partial charge in [0.25, 0.3) is 0 Å². The summed E-state index contributed by atoms with van der Waals surface area (Å²) in [4.78, 5) is 4.18. The zero-order chi connectivity index (χ0) is 13.7. The highest BCUT2D eigenvalue weighted by atomic mass is 16.7. The second-order valence-electron chi connectivity index (χ2n) is 5.65. The maximum Gasteiger partial charge on any atom is 0.417 e. The molecule has 0 spiro atoms. The third-order valence-electron chi connectivity index (χ3n) is 2.83. The van der Waals surface area contributed by atoms with Gasteiger partial charge in [0.15, 0.2) is 12.1 Å². The van der Waals surface area contributed by atoms with Crippen LogP contribution >= 0.6 is 0 Å². The molecular formula is C13H22N2O4. The summed E-state index contributed by atoms with van der Waals surface area (Å²) in [5, 5.41) is 3.88. The van der Waals surface area contributed by atoms with E-state index in [9.17, 15) is 0 Å². The molecule has 1 aromatic heterocycles. The van der Waals surface area contributed by atoms with Gasteiger partial charge in [0, 0.05) is 12.0 Å². The normalized spacial score (nSPS) is 20.5. The van der Waals surface area contributed by atoms with Gasteiger partial charge in [-0.3, -0.25) is 4.52 Å². The van der Waals surface area contributed by atoms with Crippen LogP contribution in [0.2, 0.25) is 0 Å². The maximum atomic E-state index is 5.54. The van der Waals surface area contributed by atoms with E-state index in [0.29, 0.717) is 19.0 Å². The summed E-state index contributed by atoms with van der Waals surface area (Å²) in [6.07, 6.45) is 3.33. The lowest BCUT2D eigenvalue weighted by Crippen LogP contribution is -2.24. The van der Waals surface area contributed by atoms with Crippen LogP contribution in [0.15, 0.2) is 4.52 Å². The Hall–Kier alpha value is -1.14. The molecule has 0 radical (unpaired) electrons. The van der Waals surface area contributed by atoms with E-state index in [-0.39, 0.29) is 17.8 Å². The van der Waals surface area contributed by atoms with E-state index in [1.165, 1.54) is 0 Å². The number of aromatic nitrogens is 2. The Bertz CT molecular complexity index is 380. The van der Waals surface area contributed by atoms with E-state index in [4.69, 9.17) is 18.7 Å². The highest BCUT2D eigenvalue weighted by Crippen LogP contribution is 2.20. The molecule has 0 amide bonds. The molecule has 1 atom stereocenters. The van der Waals surface area contributed by atoms with Crippen LogP contribution in [0.1, 0.15) is 45.9 Å². The van der Waals surface area contributed by atoms with E-state index in [2.05, 4.69) is 10.1 Å². The lowest BCUT2D eigenvalue weighted by atomic mass is 9.96. The van der Waals surface area contributed by atoms with E-state index in [1.54, 1.807) is 0 Å². The minimum absolute atomic E-state index is 0.0924. The standard InChI is InChI=1S/C13H22N2O4/c1-13(2,3)11-14-12(19-15-11)18-9-8-17-10-6-4-5-7-16-10/h10H,4-9H2,1-3H3/t10-/m1/s1. The number of hydrogen-bond acceptors (Lipinski definition) is 6. The summed E-state index contributed by atoms with van der Waals surface area (Å²) >= 11 is 0. The largest absolute Gasteiger partial charge is 0.446 e. The van der Waals surface area contributed by atoms with Gasteiger partial charge >= 0.3 is 6.08 Å². The highest BCUT2D eigenvalue weighted by Gasteiger charge is 2.21. The van der Waals surface area contributed by atoms with Gasteiger partial charge in [-0.2, -0.15) is 4.98 Å². The molecular weight excluding hydrogens is 248 g/mol. The van der Waals surface area contributed by atoms with Crippen LogP contribution in [0.25, 0.3) is 0 Å². The van der Waals surface area contributed by atoms with Gasteiger partial charge in [-0.05, 0) is 19.3 Å². The Kier molecular flexibility index (Phi) is 4.76. The van der Waals surface area contributed by atoms with Gasteiger partial charge in [0.2, 0.25) is 0 Å². The molecule has 6 heteroatoms. The van der Waals surface area contributed by atoms with Crippen LogP contribution < -0.4 is 4.74 Å². The van der Waals surface area contributed by atoms with Crippen molar-refractivity contribution in [2.75, 3.05) is 19.8 Å². The van der Waals surface area contributed by atoms with E-state index >= 15 is 0 Å². The quantitative estimate of drug-likeness (QED) is 0.765. The molecule has 1 aliphatic rings. The van der Waals surface area contributed by atoms with Gasteiger partial charge in [-0.1, -0.05) is 25.9 Å². The molecule has 0 saturated carbocycles. The Morgan fingerprint density at radius 3 is 2.74 bits per heavy atom. The van der Waals surface area contributed by atoms with Crippen LogP contribution in [0.4, 0.5) is 0 Å². The fraction of sp³-hybridized carbons (Fsp3) is 0.846. The Morgan fingerprint density at radius 2 is 2.11 bits per heavy atom. The second kappa shape index (κ2) is 6.34. The first-order valence-corrected chi connectivity index (χ1v) is 6.76. The number of hydrogen-bond donors (Lipinski definition) is 0. The van der Waals surface area contributed by atoms with E-state index < -0.39 is 0 Å². The van der Waals surface area contributed by atoms with Gasteiger partial charge in [-0.15, -0.1) is 0 Å². The lowest BCUT2D eigenvalue weighted by molar-refractivity contribution is -0.166. The first-order chi connectivity index (χ1) is 9.05. The van der Waals surface area contributed by atoms with Crippen molar-refractivity contribution in [3.63, 3.8) is 0 Å². The molecule has 19 heavy (non-hydrogen) atoms. The van der Waals surface area contributed by atoms with Crippen molar-refractivity contribution in [1.29, 1.82) is 0 Å². The van der Waals surface area contributed by atoms with Crippen molar-refractivity contribution in [3.8, 4) is 6.08 Å². The molecule has 0 unspecified atom stereocenters. The Morgan fingerprint density at radius 1 is 1.26 bits per heavy atom. The zero-order valence-electron chi connectivity index (χ0n) is 11.8. The fourth-order valence-corrected chi connectivity index (χ4v) is 1.72. The molecule has 6 nitrogen and oxygen atoms in total. The summed E-state index contributed by atoms with van der Waals surface area (Å²) in [5.41, 5.74) is -0.141. The molecule has 2 rings (SSSR count). The van der Waals surface area contributed by atoms with Crippen molar-refractivity contribution >= 4 is 0 Å². The molecule has 1 aliphatic heterocycles. The highest BCUT2D eigenvalue weighted by molar-refractivity contribution is 5.01. The van der Waals surface area contributed by atoms with Crippen LogP contribution in [0, 0.1) is 0 Å². The summed E-state index contributed by atoms with van der Waals surface area (Å²) in [7, 11) is 0. The van der Waals surface area contributed by atoms with Crippen molar-refractivity contribution in [3.05, 3.63) is 5.82 Å². The minimum atomic E-state index is -0.141. The fourth-order valence-electron chi connectivity index (χ4n) is 1.72. The first kappa shape index (κ1) is 14.3. The van der Waals surface area contributed by atoms with Crippen LogP contribution in [-0.4, -0.2) is 36.3 Å². The predicted molar refractivity (Wildman–Crippen MR) is 68.0 cm³/mol. The van der Waals surface area contributed by atoms with Gasteiger partial charge < -0.3 is 14.2 Å². The SMILES string of the molecule is CC(C)(C)c1noc(OCCO[C@@H]2CCCCO2)n1. The zero-order valence-corrected chi connectivity index (χ0v) is 11.8. The molecule has 2 heterocycles. The van der Waals surface area contributed by atoms with Crippen molar-refractivity contribution < 1.29 is 18.7 Å². The monoisotopic (exact) mass is 270 g/mol. The summed E-state index contributed by atoms with van der Waals surface area (Å²) in [6, 6.07) is 0. The van der Waals surface area contributed by atoms with Crippen LogP contribution in [0.3, 0.4) is 0 Å². The maximum absolute atomic E-state index is 5.54. The Labute approximate surface area is 113 Å². The predicted octanol–water partition coefficient (Wildman–Crippen LogP) is 2.29. The van der Waals surface area contributed by atoms with Gasteiger partial charge in [0.05, 0.1) is 6.61 Å². The van der Waals surface area contributed by atoms with Crippen LogP contribution in [0.5, 0.6) is 6.08 Å². The third-order valence-corrected chi connectivity index (χ3v) is 2.83. The summed E-state index contributed by atoms with van der Waals surface area (Å²) in [6.45, 7) is 7.68. The molecule has 0 aliphatic carbocycles. The molecule has 1 aromatic rings. The molecule has 0 aromatic carbocycles. The molecule has 0 N–H and O–H groups in total. The lowest BCUT2D eigenvalue weighted by Gasteiger charge is -2.22. The molecule has 108 valence electrons. The molecule has 1 saturated heterocycles. The van der Waals surface area contributed by atoms with Crippen molar-refractivity contribution in [1.82, 2.24) is 10.1 Å². The average molecular weight is 270 g/mol. The van der Waals surface area contributed by atoms with Gasteiger partial charge in [0.1, 0.15) is 6.61 Å². The molecule has 0 bridgehead atoms.